The molecule has 24 heavy (non-hydrogen) atoms. The zero-order valence-electron chi connectivity index (χ0n) is 14.0. The lowest BCUT2D eigenvalue weighted by Gasteiger charge is -2.11. The number of imidazole rings is 1. The number of benzene rings is 1. The van der Waals surface area contributed by atoms with Crippen LogP contribution in [0.25, 0.3) is 11.0 Å². The number of aromatic nitrogens is 3. The molecule has 3 N–H and O–H groups in total. The maximum atomic E-state index is 4.60. The molecule has 6 heteroatoms. The predicted molar refractivity (Wildman–Crippen MR) is 98.2 cm³/mol. The molecule has 2 heterocycles. The zero-order valence-corrected chi connectivity index (χ0v) is 14.0. The summed E-state index contributed by atoms with van der Waals surface area (Å²) >= 11 is 0. The summed E-state index contributed by atoms with van der Waals surface area (Å²) in [6.07, 6.45) is 6.04. The highest BCUT2D eigenvalue weighted by Gasteiger charge is 2.02. The van der Waals surface area contributed by atoms with Gasteiger partial charge in [0.2, 0.25) is 0 Å². The first-order valence-electron chi connectivity index (χ1n) is 8.34. The Hall–Kier alpha value is -2.76. The summed E-state index contributed by atoms with van der Waals surface area (Å²) in [7, 11) is 1.80. The minimum Gasteiger partial charge on any atom is -0.356 e. The van der Waals surface area contributed by atoms with E-state index in [1.165, 1.54) is 0 Å². The Balaban J connectivity index is 1.36. The first-order valence-corrected chi connectivity index (χ1v) is 8.34. The summed E-state index contributed by atoms with van der Waals surface area (Å²) in [5, 5.41) is 6.66. The largest absolute Gasteiger partial charge is 0.356 e. The van der Waals surface area contributed by atoms with Crippen molar-refractivity contribution >= 4 is 17.0 Å². The van der Waals surface area contributed by atoms with E-state index >= 15 is 0 Å². The number of aliphatic imine (C=N–C) groups is 1. The van der Waals surface area contributed by atoms with E-state index in [0.29, 0.717) is 0 Å². The van der Waals surface area contributed by atoms with Crippen molar-refractivity contribution in [2.24, 2.45) is 4.99 Å². The van der Waals surface area contributed by atoms with E-state index in [4.69, 9.17) is 0 Å². The Morgan fingerprint density at radius 3 is 2.71 bits per heavy atom. The van der Waals surface area contributed by atoms with Crippen LogP contribution in [0.4, 0.5) is 0 Å². The summed E-state index contributed by atoms with van der Waals surface area (Å²) in [5.74, 6) is 1.88. The van der Waals surface area contributed by atoms with Crippen LogP contribution in [0.3, 0.4) is 0 Å². The molecule has 3 aromatic rings. The molecule has 0 fully saturated rings. The number of H-pyrrole nitrogens is 1. The maximum absolute atomic E-state index is 4.60. The summed E-state index contributed by atoms with van der Waals surface area (Å²) in [5.41, 5.74) is 2.13. The number of nitrogens with one attached hydrogen (secondary N) is 3. The number of aryl methyl sites for hydroxylation is 1. The van der Waals surface area contributed by atoms with Crippen molar-refractivity contribution in [3.63, 3.8) is 0 Å². The summed E-state index contributed by atoms with van der Waals surface area (Å²) in [4.78, 5) is 12.2. The van der Waals surface area contributed by atoms with E-state index in [1.54, 1.807) is 7.05 Å². The first kappa shape index (κ1) is 16.1. The van der Waals surface area contributed by atoms with Crippen molar-refractivity contribution in [1.29, 1.82) is 0 Å². The second kappa shape index (κ2) is 8.19. The molecule has 126 valence electrons. The lowest BCUT2D eigenvalue weighted by atomic mass is 10.3. The quantitative estimate of drug-likeness (QED) is 0.354. The Bertz CT molecular complexity index is 739. The van der Waals surface area contributed by atoms with E-state index in [0.717, 1.165) is 55.3 Å². The van der Waals surface area contributed by atoms with Gasteiger partial charge in [-0.25, -0.2) is 4.98 Å². The Labute approximate surface area is 142 Å². The van der Waals surface area contributed by atoms with E-state index in [9.17, 15) is 0 Å². The number of nitrogens with zero attached hydrogens (tertiary/aromatic N) is 3. The third kappa shape index (κ3) is 4.38. The van der Waals surface area contributed by atoms with E-state index < -0.39 is 0 Å². The molecule has 0 aliphatic carbocycles. The van der Waals surface area contributed by atoms with Gasteiger partial charge in [0.25, 0.3) is 0 Å². The van der Waals surface area contributed by atoms with Crippen molar-refractivity contribution in [1.82, 2.24) is 25.2 Å². The Morgan fingerprint density at radius 1 is 1.12 bits per heavy atom. The number of para-hydroxylation sites is 2. The highest BCUT2D eigenvalue weighted by molar-refractivity contribution is 5.79. The van der Waals surface area contributed by atoms with Crippen LogP contribution in [0, 0.1) is 0 Å². The van der Waals surface area contributed by atoms with Gasteiger partial charge in [-0.15, -0.1) is 0 Å². The second-order valence-electron chi connectivity index (χ2n) is 5.65. The molecule has 0 bridgehead atoms. The fourth-order valence-electron chi connectivity index (χ4n) is 2.63. The normalized spacial score (nSPS) is 11.8. The smallest absolute Gasteiger partial charge is 0.191 e. The fourth-order valence-corrected chi connectivity index (χ4v) is 2.63. The fraction of sp³-hybridized carbons (Fsp3) is 0.333. The van der Waals surface area contributed by atoms with Gasteiger partial charge in [0.1, 0.15) is 5.82 Å². The molecule has 0 radical (unpaired) electrons. The average Bonchev–Trinajstić information content (AvgIpc) is 3.25. The van der Waals surface area contributed by atoms with Crippen molar-refractivity contribution in [2.75, 3.05) is 20.1 Å². The van der Waals surface area contributed by atoms with Crippen molar-refractivity contribution in [2.45, 2.75) is 19.4 Å². The van der Waals surface area contributed by atoms with Gasteiger partial charge in [-0.05, 0) is 30.7 Å². The number of aromatic amines is 1. The Morgan fingerprint density at radius 2 is 1.92 bits per heavy atom. The topological polar surface area (TPSA) is 70.0 Å². The molecular formula is C18H24N6. The molecule has 6 nitrogen and oxygen atoms in total. The maximum Gasteiger partial charge on any atom is 0.191 e. The van der Waals surface area contributed by atoms with E-state index in [2.05, 4.69) is 48.6 Å². The highest BCUT2D eigenvalue weighted by Crippen LogP contribution is 2.10. The van der Waals surface area contributed by atoms with Crippen LogP contribution in [0.15, 0.2) is 53.8 Å². The SMILES string of the molecule is CN=C(NCCCc1nc2ccccc2[nH]1)NCCn1cccc1. The van der Waals surface area contributed by atoms with Crippen molar-refractivity contribution < 1.29 is 0 Å². The molecule has 2 aromatic heterocycles. The van der Waals surface area contributed by atoms with Gasteiger partial charge in [0, 0.05) is 45.5 Å². The van der Waals surface area contributed by atoms with Crippen LogP contribution >= 0.6 is 0 Å². The van der Waals surface area contributed by atoms with Crippen LogP contribution < -0.4 is 10.6 Å². The number of rotatable bonds is 7. The van der Waals surface area contributed by atoms with Crippen molar-refractivity contribution in [3.8, 4) is 0 Å². The molecule has 0 saturated heterocycles. The number of hydrogen-bond acceptors (Lipinski definition) is 2. The monoisotopic (exact) mass is 324 g/mol. The second-order valence-corrected chi connectivity index (χ2v) is 5.65. The van der Waals surface area contributed by atoms with E-state index in [-0.39, 0.29) is 0 Å². The highest BCUT2D eigenvalue weighted by atomic mass is 15.2. The van der Waals surface area contributed by atoms with Gasteiger partial charge in [-0.2, -0.15) is 0 Å². The Kier molecular flexibility index (Phi) is 5.50. The molecule has 3 rings (SSSR count). The molecule has 1 aromatic carbocycles. The molecule has 0 saturated carbocycles. The van der Waals surface area contributed by atoms with Gasteiger partial charge in [0.15, 0.2) is 5.96 Å². The van der Waals surface area contributed by atoms with Gasteiger partial charge < -0.3 is 20.2 Å². The molecule has 0 spiro atoms. The first-order chi connectivity index (χ1) is 11.8. The third-order valence-electron chi connectivity index (χ3n) is 3.87. The number of guanidine groups is 1. The molecule has 0 unspecified atom stereocenters. The predicted octanol–water partition coefficient (Wildman–Crippen LogP) is 2.16. The number of hydrogen-bond donors (Lipinski definition) is 3. The molecule has 0 amide bonds. The summed E-state index contributed by atoms with van der Waals surface area (Å²) in [6.45, 7) is 2.63. The minimum atomic E-state index is 0.840. The van der Waals surface area contributed by atoms with Crippen LogP contribution in [-0.4, -0.2) is 40.6 Å². The van der Waals surface area contributed by atoms with Crippen molar-refractivity contribution in [3.05, 3.63) is 54.6 Å². The van der Waals surface area contributed by atoms with Gasteiger partial charge in [0.05, 0.1) is 11.0 Å². The van der Waals surface area contributed by atoms with Crippen LogP contribution in [0.5, 0.6) is 0 Å². The van der Waals surface area contributed by atoms with Gasteiger partial charge >= 0.3 is 0 Å². The van der Waals surface area contributed by atoms with E-state index in [1.807, 2.05) is 30.3 Å². The standard InChI is InChI=1S/C18H24N6/c1-19-18(21-11-14-24-12-4-5-13-24)20-10-6-9-17-22-15-7-2-3-8-16(15)23-17/h2-5,7-8,12-13H,6,9-11,14H2,1H3,(H,22,23)(H2,19,20,21). The number of fused-ring (bicyclic) bond motifs is 1. The minimum absolute atomic E-state index is 0.840. The summed E-state index contributed by atoms with van der Waals surface area (Å²) in [6, 6.07) is 12.2. The van der Waals surface area contributed by atoms with Crippen LogP contribution in [0.1, 0.15) is 12.2 Å². The van der Waals surface area contributed by atoms with Gasteiger partial charge in [-0.3, -0.25) is 4.99 Å². The summed E-state index contributed by atoms with van der Waals surface area (Å²) < 4.78 is 2.14. The molecule has 0 atom stereocenters. The third-order valence-corrected chi connectivity index (χ3v) is 3.87. The molecule has 0 aliphatic rings. The zero-order chi connectivity index (χ0) is 16.6. The average molecular weight is 324 g/mol. The molecular weight excluding hydrogens is 300 g/mol. The van der Waals surface area contributed by atoms with Crippen LogP contribution in [0.2, 0.25) is 0 Å². The molecule has 0 aliphatic heterocycles. The van der Waals surface area contributed by atoms with Crippen LogP contribution in [-0.2, 0) is 13.0 Å². The lowest BCUT2D eigenvalue weighted by molar-refractivity contribution is 0.659. The lowest BCUT2D eigenvalue weighted by Crippen LogP contribution is -2.39. The van der Waals surface area contributed by atoms with Gasteiger partial charge in [-0.1, -0.05) is 12.1 Å².